The molecule has 1 aliphatic rings. The van der Waals surface area contributed by atoms with Gasteiger partial charge in [0.2, 0.25) is 0 Å². The van der Waals surface area contributed by atoms with Crippen molar-refractivity contribution < 1.29 is 18.3 Å². The molecule has 1 aromatic heterocycles. The molecule has 0 radical (unpaired) electrons. The maximum atomic E-state index is 12.7. The molecule has 18 heavy (non-hydrogen) atoms. The Morgan fingerprint density at radius 1 is 1.39 bits per heavy atom. The van der Waals surface area contributed by atoms with E-state index in [1.54, 1.807) is 11.7 Å². The standard InChI is InChI=1S/C11H15F3N2OS/c12-11(13,14)10(17)2-1-4-16(5-3-10)7-9-6-15-8-18-9/h6,8,17H,1-5,7H2. The minimum absolute atomic E-state index is 0.213. The van der Waals surface area contributed by atoms with Crippen LogP contribution in [0.5, 0.6) is 0 Å². The van der Waals surface area contributed by atoms with E-state index in [4.69, 9.17) is 0 Å². The van der Waals surface area contributed by atoms with Gasteiger partial charge in [-0.05, 0) is 25.8 Å². The van der Waals surface area contributed by atoms with E-state index in [0.29, 0.717) is 19.5 Å². The van der Waals surface area contributed by atoms with Crippen LogP contribution in [0.4, 0.5) is 13.2 Å². The van der Waals surface area contributed by atoms with Gasteiger partial charge >= 0.3 is 6.18 Å². The number of aromatic nitrogens is 1. The highest BCUT2D eigenvalue weighted by atomic mass is 32.1. The summed E-state index contributed by atoms with van der Waals surface area (Å²) < 4.78 is 38.2. The Balaban J connectivity index is 1.96. The van der Waals surface area contributed by atoms with Gasteiger partial charge in [-0.25, -0.2) is 0 Å². The van der Waals surface area contributed by atoms with Gasteiger partial charge in [0.05, 0.1) is 5.51 Å². The molecule has 1 fully saturated rings. The number of hydrogen-bond acceptors (Lipinski definition) is 4. The van der Waals surface area contributed by atoms with Gasteiger partial charge in [0.15, 0.2) is 5.60 Å². The molecule has 0 bridgehead atoms. The Kier molecular flexibility index (Phi) is 3.93. The van der Waals surface area contributed by atoms with Gasteiger partial charge in [-0.3, -0.25) is 9.88 Å². The van der Waals surface area contributed by atoms with Crippen LogP contribution in [0.2, 0.25) is 0 Å². The number of halogens is 3. The van der Waals surface area contributed by atoms with Crippen molar-refractivity contribution in [3.8, 4) is 0 Å². The first-order chi connectivity index (χ1) is 8.41. The monoisotopic (exact) mass is 280 g/mol. The summed E-state index contributed by atoms with van der Waals surface area (Å²) in [6.07, 6.45) is -2.92. The average Bonchev–Trinajstić information content (AvgIpc) is 2.69. The Morgan fingerprint density at radius 2 is 2.17 bits per heavy atom. The Labute approximate surface area is 107 Å². The van der Waals surface area contributed by atoms with Crippen molar-refractivity contribution in [3.05, 3.63) is 16.6 Å². The summed E-state index contributed by atoms with van der Waals surface area (Å²) >= 11 is 1.49. The largest absolute Gasteiger partial charge is 0.417 e. The van der Waals surface area contributed by atoms with Gasteiger partial charge < -0.3 is 5.11 Å². The number of likely N-dealkylation sites (tertiary alicyclic amines) is 1. The summed E-state index contributed by atoms with van der Waals surface area (Å²) in [5.74, 6) is 0. The minimum Gasteiger partial charge on any atom is -0.380 e. The fourth-order valence-corrected chi connectivity index (χ4v) is 2.79. The molecule has 1 unspecified atom stereocenters. The summed E-state index contributed by atoms with van der Waals surface area (Å²) in [5, 5.41) is 9.67. The van der Waals surface area contributed by atoms with Crippen LogP contribution >= 0.6 is 11.3 Å². The number of alkyl halides is 3. The zero-order chi connectivity index (χ0) is 13.2. The lowest BCUT2D eigenvalue weighted by molar-refractivity contribution is -0.263. The second-order valence-corrected chi connectivity index (χ2v) is 5.60. The smallest absolute Gasteiger partial charge is 0.380 e. The maximum absolute atomic E-state index is 12.7. The third-order valence-corrected chi connectivity index (χ3v) is 4.06. The first kappa shape index (κ1) is 13.8. The molecule has 1 aliphatic heterocycles. The molecule has 1 saturated heterocycles. The van der Waals surface area contributed by atoms with Crippen LogP contribution in [-0.4, -0.2) is 39.9 Å². The third kappa shape index (κ3) is 3.02. The average molecular weight is 280 g/mol. The van der Waals surface area contributed by atoms with Crippen molar-refractivity contribution in [3.63, 3.8) is 0 Å². The zero-order valence-corrected chi connectivity index (χ0v) is 10.6. The fourth-order valence-electron chi connectivity index (χ4n) is 2.16. The molecule has 0 spiro atoms. The van der Waals surface area contributed by atoms with Crippen LogP contribution in [-0.2, 0) is 6.54 Å². The van der Waals surface area contributed by atoms with E-state index in [2.05, 4.69) is 4.98 Å². The molecule has 0 saturated carbocycles. The van der Waals surface area contributed by atoms with E-state index in [9.17, 15) is 18.3 Å². The van der Waals surface area contributed by atoms with Gasteiger partial charge in [0.1, 0.15) is 0 Å². The van der Waals surface area contributed by atoms with E-state index in [0.717, 1.165) is 4.88 Å². The Hall–Kier alpha value is -0.660. The normalized spacial score (nSPS) is 27.1. The molecule has 3 nitrogen and oxygen atoms in total. The van der Waals surface area contributed by atoms with Crippen molar-refractivity contribution in [2.45, 2.75) is 37.6 Å². The molecule has 0 aromatic carbocycles. The Morgan fingerprint density at radius 3 is 2.78 bits per heavy atom. The molecule has 2 rings (SSSR count). The quantitative estimate of drug-likeness (QED) is 0.904. The third-order valence-electron chi connectivity index (χ3n) is 3.30. The molecular formula is C11H15F3N2OS. The summed E-state index contributed by atoms with van der Waals surface area (Å²) in [6.45, 7) is 1.45. The molecule has 0 aliphatic carbocycles. The molecular weight excluding hydrogens is 265 g/mol. The zero-order valence-electron chi connectivity index (χ0n) is 9.78. The summed E-state index contributed by atoms with van der Waals surface area (Å²) in [4.78, 5) is 6.92. The van der Waals surface area contributed by atoms with Gasteiger partial charge in [0, 0.05) is 24.2 Å². The van der Waals surface area contributed by atoms with Gasteiger partial charge in [-0.2, -0.15) is 13.2 Å². The van der Waals surface area contributed by atoms with E-state index in [1.165, 1.54) is 11.3 Å². The van der Waals surface area contributed by atoms with Crippen LogP contribution in [0.1, 0.15) is 24.1 Å². The van der Waals surface area contributed by atoms with Crippen molar-refractivity contribution >= 4 is 11.3 Å². The van der Waals surface area contributed by atoms with Gasteiger partial charge in [-0.1, -0.05) is 0 Å². The van der Waals surface area contributed by atoms with E-state index in [-0.39, 0.29) is 19.4 Å². The van der Waals surface area contributed by atoms with E-state index in [1.807, 2.05) is 4.90 Å². The second kappa shape index (κ2) is 5.14. The van der Waals surface area contributed by atoms with Crippen molar-refractivity contribution in [2.24, 2.45) is 0 Å². The van der Waals surface area contributed by atoms with Crippen LogP contribution in [0.15, 0.2) is 11.7 Å². The first-order valence-electron chi connectivity index (χ1n) is 5.79. The van der Waals surface area contributed by atoms with Gasteiger partial charge in [0.25, 0.3) is 0 Å². The number of nitrogens with zero attached hydrogens (tertiary/aromatic N) is 2. The molecule has 7 heteroatoms. The summed E-state index contributed by atoms with van der Waals surface area (Å²) in [7, 11) is 0. The molecule has 2 heterocycles. The van der Waals surface area contributed by atoms with Gasteiger partial charge in [-0.15, -0.1) is 11.3 Å². The van der Waals surface area contributed by atoms with Crippen LogP contribution < -0.4 is 0 Å². The molecule has 1 N–H and O–H groups in total. The highest BCUT2D eigenvalue weighted by Gasteiger charge is 2.53. The summed E-state index contributed by atoms with van der Waals surface area (Å²) in [5.41, 5.74) is -0.811. The number of rotatable bonds is 2. The lowest BCUT2D eigenvalue weighted by Crippen LogP contribution is -2.45. The Bertz CT molecular complexity index is 382. The first-order valence-corrected chi connectivity index (χ1v) is 6.67. The maximum Gasteiger partial charge on any atom is 0.417 e. The van der Waals surface area contributed by atoms with Crippen molar-refractivity contribution in [2.75, 3.05) is 13.1 Å². The van der Waals surface area contributed by atoms with E-state index >= 15 is 0 Å². The number of thiazole rings is 1. The molecule has 0 amide bonds. The fraction of sp³-hybridized carbons (Fsp3) is 0.727. The van der Waals surface area contributed by atoms with Crippen LogP contribution in [0, 0.1) is 0 Å². The topological polar surface area (TPSA) is 36.4 Å². The lowest BCUT2D eigenvalue weighted by atomic mass is 9.94. The minimum atomic E-state index is -4.53. The summed E-state index contributed by atoms with van der Waals surface area (Å²) in [6, 6.07) is 0. The molecule has 102 valence electrons. The number of aliphatic hydroxyl groups is 1. The highest BCUT2D eigenvalue weighted by molar-refractivity contribution is 7.09. The van der Waals surface area contributed by atoms with Crippen molar-refractivity contribution in [1.82, 2.24) is 9.88 Å². The van der Waals surface area contributed by atoms with E-state index < -0.39 is 11.8 Å². The van der Waals surface area contributed by atoms with Crippen LogP contribution in [0.25, 0.3) is 0 Å². The van der Waals surface area contributed by atoms with Crippen molar-refractivity contribution in [1.29, 1.82) is 0 Å². The SMILES string of the molecule is OC1(C(F)(F)F)CCCN(Cc2cncs2)CC1. The molecule has 1 aromatic rings. The number of hydrogen-bond donors (Lipinski definition) is 1. The highest BCUT2D eigenvalue weighted by Crippen LogP contribution is 2.38. The molecule has 1 atom stereocenters. The lowest BCUT2D eigenvalue weighted by Gasteiger charge is -2.29. The second-order valence-electron chi connectivity index (χ2n) is 4.63. The predicted molar refractivity (Wildman–Crippen MR) is 62.2 cm³/mol. The van der Waals surface area contributed by atoms with Crippen LogP contribution in [0.3, 0.4) is 0 Å². The predicted octanol–water partition coefficient (Wildman–Crippen LogP) is 2.42.